The number of nitrogen functional groups attached to an aromatic ring is 1. The van der Waals surface area contributed by atoms with E-state index in [0.29, 0.717) is 17.2 Å². The van der Waals surface area contributed by atoms with E-state index in [1.54, 1.807) is 43.3 Å². The number of benzene rings is 1. The monoisotopic (exact) mass is 270 g/mol. The van der Waals surface area contributed by atoms with Gasteiger partial charge in [-0.3, -0.25) is 0 Å². The lowest BCUT2D eigenvalue weighted by Gasteiger charge is -2.14. The summed E-state index contributed by atoms with van der Waals surface area (Å²) in [5.74, 6) is 0.345. The second kappa shape index (κ2) is 4.49. The largest absolute Gasteiger partial charge is 0.435 e. The smallest absolute Gasteiger partial charge is 0.399 e. The molecule has 1 aromatic carbocycles. The lowest BCUT2D eigenvalue weighted by atomic mass is 10.3. The van der Waals surface area contributed by atoms with Crippen LogP contribution in [0.2, 0.25) is 0 Å². The summed E-state index contributed by atoms with van der Waals surface area (Å²) in [6.45, 7) is 0. The van der Waals surface area contributed by atoms with Crippen LogP contribution in [0.3, 0.4) is 0 Å². The van der Waals surface area contributed by atoms with Gasteiger partial charge in [-0.2, -0.15) is 18.3 Å². The molecule has 0 radical (unpaired) electrons. The Bertz CT molecular complexity index is 570. The summed E-state index contributed by atoms with van der Waals surface area (Å²) in [6.07, 6.45) is -4.47. The molecule has 2 rings (SSSR count). The Labute approximate surface area is 108 Å². The summed E-state index contributed by atoms with van der Waals surface area (Å²) >= 11 is 0. The molecule has 0 atom stereocenters. The van der Waals surface area contributed by atoms with Gasteiger partial charge in [-0.1, -0.05) is 0 Å². The molecule has 0 aliphatic carbocycles. The third kappa shape index (κ3) is 2.64. The van der Waals surface area contributed by atoms with Gasteiger partial charge in [0.15, 0.2) is 5.69 Å². The fourth-order valence-electron chi connectivity index (χ4n) is 1.63. The number of alkyl halides is 3. The van der Waals surface area contributed by atoms with Crippen LogP contribution >= 0.6 is 0 Å². The summed E-state index contributed by atoms with van der Waals surface area (Å²) in [5, 5.41) is 3.61. The van der Waals surface area contributed by atoms with Gasteiger partial charge >= 0.3 is 6.18 Å². The van der Waals surface area contributed by atoms with Gasteiger partial charge in [0.2, 0.25) is 0 Å². The van der Waals surface area contributed by atoms with Gasteiger partial charge in [0.1, 0.15) is 5.82 Å². The maximum atomic E-state index is 12.7. The molecule has 0 bridgehead atoms. The maximum Gasteiger partial charge on any atom is 0.435 e. The Kier molecular flexibility index (Phi) is 3.13. The minimum Gasteiger partial charge on any atom is -0.399 e. The van der Waals surface area contributed by atoms with Gasteiger partial charge in [-0.15, -0.1) is 0 Å². The molecule has 0 saturated carbocycles. The molecular formula is C12H13F3N4. The lowest BCUT2D eigenvalue weighted by Crippen LogP contribution is -2.14. The molecule has 19 heavy (non-hydrogen) atoms. The van der Waals surface area contributed by atoms with Crippen molar-refractivity contribution in [2.75, 3.05) is 24.7 Å². The number of hydrogen-bond acceptors (Lipinski definition) is 3. The molecule has 1 heterocycles. The zero-order valence-corrected chi connectivity index (χ0v) is 10.4. The van der Waals surface area contributed by atoms with Gasteiger partial charge in [-0.05, 0) is 24.3 Å². The zero-order chi connectivity index (χ0) is 14.2. The predicted octanol–water partition coefficient (Wildman–Crippen LogP) is 2.54. The molecule has 0 aliphatic rings. The van der Waals surface area contributed by atoms with Crippen molar-refractivity contribution in [1.82, 2.24) is 9.78 Å². The molecule has 0 saturated heterocycles. The minimum absolute atomic E-state index is 0.345. The first-order valence-electron chi connectivity index (χ1n) is 5.49. The topological polar surface area (TPSA) is 47.1 Å². The number of hydrogen-bond donors (Lipinski definition) is 1. The normalized spacial score (nSPS) is 11.6. The molecule has 1 aromatic heterocycles. The average molecular weight is 270 g/mol. The van der Waals surface area contributed by atoms with E-state index in [-0.39, 0.29) is 0 Å². The maximum absolute atomic E-state index is 12.7. The fourth-order valence-corrected chi connectivity index (χ4v) is 1.63. The predicted molar refractivity (Wildman–Crippen MR) is 67.3 cm³/mol. The van der Waals surface area contributed by atoms with Gasteiger partial charge in [-0.25, -0.2) is 4.68 Å². The molecule has 102 valence electrons. The second-order valence-electron chi connectivity index (χ2n) is 4.28. The minimum atomic E-state index is -4.47. The summed E-state index contributed by atoms with van der Waals surface area (Å²) < 4.78 is 39.4. The van der Waals surface area contributed by atoms with Crippen LogP contribution in [0.5, 0.6) is 0 Å². The van der Waals surface area contributed by atoms with Crippen molar-refractivity contribution in [3.63, 3.8) is 0 Å². The third-order valence-electron chi connectivity index (χ3n) is 2.58. The van der Waals surface area contributed by atoms with Crippen molar-refractivity contribution in [3.05, 3.63) is 36.0 Å². The van der Waals surface area contributed by atoms with Gasteiger partial charge < -0.3 is 10.6 Å². The molecule has 7 heteroatoms. The molecule has 2 N–H and O–H groups in total. The van der Waals surface area contributed by atoms with Gasteiger partial charge in [0, 0.05) is 25.8 Å². The zero-order valence-electron chi connectivity index (χ0n) is 10.4. The van der Waals surface area contributed by atoms with E-state index in [4.69, 9.17) is 5.73 Å². The average Bonchev–Trinajstić information content (AvgIpc) is 2.74. The molecular weight excluding hydrogens is 257 g/mol. The van der Waals surface area contributed by atoms with Crippen LogP contribution in [0.1, 0.15) is 5.69 Å². The van der Waals surface area contributed by atoms with Crippen LogP contribution in [0.15, 0.2) is 30.3 Å². The van der Waals surface area contributed by atoms with Gasteiger partial charge in [0.25, 0.3) is 0 Å². The molecule has 4 nitrogen and oxygen atoms in total. The Hall–Kier alpha value is -2.18. The number of rotatable bonds is 2. The van der Waals surface area contributed by atoms with E-state index in [1.807, 2.05) is 0 Å². The van der Waals surface area contributed by atoms with Crippen molar-refractivity contribution >= 4 is 11.5 Å². The Morgan fingerprint density at radius 1 is 1.16 bits per heavy atom. The van der Waals surface area contributed by atoms with E-state index >= 15 is 0 Å². The first-order chi connectivity index (χ1) is 8.79. The first kappa shape index (κ1) is 13.3. The van der Waals surface area contributed by atoms with E-state index in [9.17, 15) is 13.2 Å². The van der Waals surface area contributed by atoms with E-state index in [2.05, 4.69) is 5.10 Å². The fraction of sp³-hybridized carbons (Fsp3) is 0.250. The number of anilines is 2. The highest BCUT2D eigenvalue weighted by molar-refractivity contribution is 5.51. The Morgan fingerprint density at radius 3 is 2.21 bits per heavy atom. The summed E-state index contributed by atoms with van der Waals surface area (Å²) in [7, 11) is 3.32. The van der Waals surface area contributed by atoms with Crippen LogP contribution in [0.25, 0.3) is 5.69 Å². The standard InChI is InChI=1S/C12H13F3N4/c1-18(2)11-7-10(12(13,14)15)17-19(11)9-5-3-8(16)4-6-9/h3-7H,16H2,1-2H3. The quantitative estimate of drug-likeness (QED) is 0.853. The molecule has 0 amide bonds. The van der Waals surface area contributed by atoms with E-state index in [1.165, 1.54) is 4.68 Å². The Morgan fingerprint density at radius 2 is 1.74 bits per heavy atom. The molecule has 0 unspecified atom stereocenters. The van der Waals surface area contributed by atoms with Crippen LogP contribution < -0.4 is 10.6 Å². The highest BCUT2D eigenvalue weighted by Gasteiger charge is 2.35. The highest BCUT2D eigenvalue weighted by atomic mass is 19.4. The first-order valence-corrected chi connectivity index (χ1v) is 5.49. The number of halogens is 3. The SMILES string of the molecule is CN(C)c1cc(C(F)(F)F)nn1-c1ccc(N)cc1. The van der Waals surface area contributed by atoms with Crippen molar-refractivity contribution in [2.45, 2.75) is 6.18 Å². The van der Waals surface area contributed by atoms with Crippen molar-refractivity contribution in [1.29, 1.82) is 0 Å². The molecule has 2 aromatic rings. The van der Waals surface area contributed by atoms with Crippen LogP contribution in [-0.4, -0.2) is 23.9 Å². The summed E-state index contributed by atoms with van der Waals surface area (Å²) in [6, 6.07) is 7.48. The van der Waals surface area contributed by atoms with Crippen molar-refractivity contribution < 1.29 is 13.2 Å². The van der Waals surface area contributed by atoms with Crippen LogP contribution in [0, 0.1) is 0 Å². The Balaban J connectivity index is 2.55. The number of aromatic nitrogens is 2. The van der Waals surface area contributed by atoms with Crippen molar-refractivity contribution in [3.8, 4) is 5.69 Å². The third-order valence-corrected chi connectivity index (χ3v) is 2.58. The lowest BCUT2D eigenvalue weighted by molar-refractivity contribution is -0.141. The van der Waals surface area contributed by atoms with E-state index < -0.39 is 11.9 Å². The number of nitrogens with two attached hydrogens (primary N) is 1. The highest BCUT2D eigenvalue weighted by Crippen LogP contribution is 2.32. The number of nitrogens with zero attached hydrogens (tertiary/aromatic N) is 3. The molecule has 0 fully saturated rings. The van der Waals surface area contributed by atoms with Crippen LogP contribution in [-0.2, 0) is 6.18 Å². The van der Waals surface area contributed by atoms with Gasteiger partial charge in [0.05, 0.1) is 5.69 Å². The summed E-state index contributed by atoms with van der Waals surface area (Å²) in [4.78, 5) is 1.57. The molecule has 0 aliphatic heterocycles. The van der Waals surface area contributed by atoms with Crippen molar-refractivity contribution in [2.24, 2.45) is 0 Å². The molecule has 0 spiro atoms. The van der Waals surface area contributed by atoms with Crippen LogP contribution in [0.4, 0.5) is 24.7 Å². The van der Waals surface area contributed by atoms with E-state index in [0.717, 1.165) is 6.07 Å². The summed E-state index contributed by atoms with van der Waals surface area (Å²) in [5.41, 5.74) is 5.70. The second-order valence-corrected chi connectivity index (χ2v) is 4.28.